The lowest BCUT2D eigenvalue weighted by molar-refractivity contribution is -0.134. The first-order valence-corrected chi connectivity index (χ1v) is 14.6. The predicted molar refractivity (Wildman–Crippen MR) is 154 cm³/mol. The van der Waals surface area contributed by atoms with E-state index in [-0.39, 0.29) is 42.6 Å². The minimum absolute atomic E-state index is 0.168. The van der Waals surface area contributed by atoms with Gasteiger partial charge < -0.3 is 15.0 Å². The van der Waals surface area contributed by atoms with Gasteiger partial charge in [0, 0.05) is 58.3 Å². The van der Waals surface area contributed by atoms with Gasteiger partial charge in [0.05, 0.1) is 16.9 Å². The lowest BCUT2D eigenvalue weighted by Crippen LogP contribution is -2.54. The summed E-state index contributed by atoms with van der Waals surface area (Å²) in [5, 5.41) is 9.97. The lowest BCUT2D eigenvalue weighted by Gasteiger charge is -2.40. The molecule has 2 aromatic carbocycles. The highest BCUT2D eigenvalue weighted by Gasteiger charge is 2.32. The third kappa shape index (κ3) is 7.41. The zero-order chi connectivity index (χ0) is 29.5. The van der Waals surface area contributed by atoms with Crippen LogP contribution in [-0.4, -0.2) is 79.7 Å². The van der Waals surface area contributed by atoms with Crippen molar-refractivity contribution in [1.29, 1.82) is 0 Å². The predicted octanol–water partition coefficient (Wildman–Crippen LogP) is 3.16. The summed E-state index contributed by atoms with van der Waals surface area (Å²) in [6, 6.07) is 14.2. The Labute approximate surface area is 244 Å². The average Bonchev–Trinajstić information content (AvgIpc) is 3.01. The number of ether oxygens (including phenoxy) is 1. The molecule has 3 amide bonds. The number of nitrogens with one attached hydrogen (secondary N) is 2. The molecule has 3 heterocycles. The Kier molecular flexibility index (Phi) is 9.63. The van der Waals surface area contributed by atoms with Crippen molar-refractivity contribution >= 4 is 23.6 Å². The topological polar surface area (TPSA) is 124 Å². The van der Waals surface area contributed by atoms with Gasteiger partial charge in [-0.1, -0.05) is 36.4 Å². The third-order valence-electron chi connectivity index (χ3n) is 8.50. The number of piperidine rings is 2. The SMILES string of the molecule is O=NN1CCC(C(CN2CCN(c3ccc(C4CCC(=O)NC4=O)cc3F)CC2)NC(=O)OCc2ccccc2)CC1. The van der Waals surface area contributed by atoms with Gasteiger partial charge in [-0.2, -0.15) is 0 Å². The minimum atomic E-state index is -0.527. The molecule has 0 spiro atoms. The van der Waals surface area contributed by atoms with Crippen molar-refractivity contribution in [1.82, 2.24) is 20.5 Å². The fraction of sp³-hybridized carbons (Fsp3) is 0.500. The maximum atomic E-state index is 15.2. The van der Waals surface area contributed by atoms with Crippen molar-refractivity contribution < 1.29 is 23.5 Å². The maximum absolute atomic E-state index is 15.2. The van der Waals surface area contributed by atoms with Gasteiger partial charge in [0.15, 0.2) is 0 Å². The molecule has 3 fully saturated rings. The van der Waals surface area contributed by atoms with E-state index in [1.165, 1.54) is 11.1 Å². The van der Waals surface area contributed by atoms with Crippen LogP contribution in [0.1, 0.15) is 42.7 Å². The molecule has 224 valence electrons. The number of hydrogen-bond donors (Lipinski definition) is 2. The summed E-state index contributed by atoms with van der Waals surface area (Å²) >= 11 is 0. The summed E-state index contributed by atoms with van der Waals surface area (Å²) < 4.78 is 20.7. The quantitative estimate of drug-likeness (QED) is 0.343. The number of alkyl carbamates (subject to hydrolysis) is 1. The van der Waals surface area contributed by atoms with E-state index in [1.54, 1.807) is 12.1 Å². The molecule has 3 aliphatic heterocycles. The van der Waals surface area contributed by atoms with Crippen LogP contribution in [0.25, 0.3) is 0 Å². The van der Waals surface area contributed by atoms with E-state index >= 15 is 4.39 Å². The number of nitrogens with zero attached hydrogens (tertiary/aromatic N) is 4. The van der Waals surface area contributed by atoms with Crippen molar-refractivity contribution in [2.45, 2.75) is 44.2 Å². The summed E-state index contributed by atoms with van der Waals surface area (Å²) in [6.07, 6.45) is 1.62. The molecule has 42 heavy (non-hydrogen) atoms. The highest BCUT2D eigenvalue weighted by Crippen LogP contribution is 2.30. The summed E-state index contributed by atoms with van der Waals surface area (Å²) in [5.41, 5.74) is 1.96. The zero-order valence-corrected chi connectivity index (χ0v) is 23.5. The van der Waals surface area contributed by atoms with Crippen molar-refractivity contribution in [3.63, 3.8) is 0 Å². The second kappa shape index (κ2) is 13.7. The molecule has 0 aliphatic carbocycles. The van der Waals surface area contributed by atoms with E-state index in [9.17, 15) is 19.3 Å². The summed E-state index contributed by atoms with van der Waals surface area (Å²) in [4.78, 5) is 51.7. The summed E-state index contributed by atoms with van der Waals surface area (Å²) in [5.74, 6) is -1.42. The van der Waals surface area contributed by atoms with Crippen molar-refractivity contribution in [3.8, 4) is 0 Å². The molecule has 0 bridgehead atoms. The molecular weight excluding hydrogens is 543 g/mol. The third-order valence-corrected chi connectivity index (χ3v) is 8.50. The highest BCUT2D eigenvalue weighted by molar-refractivity contribution is 6.00. The fourth-order valence-corrected chi connectivity index (χ4v) is 6.06. The molecule has 2 N–H and O–H groups in total. The number of imide groups is 1. The first kappa shape index (κ1) is 29.4. The smallest absolute Gasteiger partial charge is 0.407 e. The second-order valence-corrected chi connectivity index (χ2v) is 11.2. The minimum Gasteiger partial charge on any atom is -0.445 e. The van der Waals surface area contributed by atoms with Crippen LogP contribution >= 0.6 is 0 Å². The van der Waals surface area contributed by atoms with E-state index in [1.807, 2.05) is 35.2 Å². The fourth-order valence-electron chi connectivity index (χ4n) is 6.06. The molecule has 2 aromatic rings. The van der Waals surface area contributed by atoms with Crippen molar-refractivity contribution in [2.24, 2.45) is 11.2 Å². The second-order valence-electron chi connectivity index (χ2n) is 11.2. The molecule has 0 radical (unpaired) electrons. The van der Waals surface area contributed by atoms with Gasteiger partial charge in [-0.05, 0) is 48.4 Å². The van der Waals surface area contributed by atoms with Crippen LogP contribution in [0.15, 0.2) is 53.8 Å². The first-order chi connectivity index (χ1) is 20.4. The van der Waals surface area contributed by atoms with Crippen LogP contribution in [0.3, 0.4) is 0 Å². The van der Waals surface area contributed by atoms with E-state index in [4.69, 9.17) is 4.74 Å². The number of carbonyl (C=O) groups is 3. The Hall–Kier alpha value is -4.06. The monoisotopic (exact) mass is 580 g/mol. The Morgan fingerprint density at radius 2 is 1.76 bits per heavy atom. The molecule has 12 heteroatoms. The normalized spacial score (nSPS) is 21.0. The number of amides is 3. The molecule has 3 saturated heterocycles. The Morgan fingerprint density at radius 3 is 2.43 bits per heavy atom. The zero-order valence-electron chi connectivity index (χ0n) is 23.5. The Bertz CT molecular complexity index is 1260. The van der Waals surface area contributed by atoms with E-state index in [0.717, 1.165) is 18.4 Å². The van der Waals surface area contributed by atoms with Crippen LogP contribution < -0.4 is 15.5 Å². The van der Waals surface area contributed by atoms with Crippen LogP contribution in [-0.2, 0) is 20.9 Å². The molecule has 2 atom stereocenters. The Morgan fingerprint density at radius 1 is 1.02 bits per heavy atom. The van der Waals surface area contributed by atoms with E-state index < -0.39 is 12.0 Å². The summed E-state index contributed by atoms with van der Waals surface area (Å²) in [7, 11) is 0. The Balaban J connectivity index is 1.17. The molecular formula is C30H37FN6O5. The number of nitroso groups, excluding NO2 is 1. The number of benzene rings is 2. The van der Waals surface area contributed by atoms with Gasteiger partial charge in [-0.15, -0.1) is 4.91 Å². The van der Waals surface area contributed by atoms with Gasteiger partial charge in [0.1, 0.15) is 12.4 Å². The molecule has 0 aromatic heterocycles. The van der Waals surface area contributed by atoms with Crippen LogP contribution in [0.4, 0.5) is 14.9 Å². The molecule has 11 nitrogen and oxygen atoms in total. The average molecular weight is 581 g/mol. The largest absolute Gasteiger partial charge is 0.445 e. The van der Waals surface area contributed by atoms with E-state index in [0.29, 0.717) is 63.5 Å². The van der Waals surface area contributed by atoms with Crippen LogP contribution in [0.2, 0.25) is 0 Å². The van der Waals surface area contributed by atoms with E-state index in [2.05, 4.69) is 20.8 Å². The van der Waals surface area contributed by atoms with Gasteiger partial charge in [0.2, 0.25) is 11.8 Å². The molecule has 3 aliphatic rings. The lowest BCUT2D eigenvalue weighted by atomic mass is 9.89. The van der Waals surface area contributed by atoms with Crippen molar-refractivity contribution in [3.05, 3.63) is 70.4 Å². The number of anilines is 1. The number of hydrogen-bond acceptors (Lipinski definition) is 8. The van der Waals surface area contributed by atoms with Gasteiger partial charge in [-0.3, -0.25) is 24.8 Å². The maximum Gasteiger partial charge on any atom is 0.407 e. The first-order valence-electron chi connectivity index (χ1n) is 14.6. The number of rotatable bonds is 9. The number of carbonyl (C=O) groups excluding carboxylic acids is 3. The highest BCUT2D eigenvalue weighted by atomic mass is 19.1. The van der Waals surface area contributed by atoms with Gasteiger partial charge in [0.25, 0.3) is 0 Å². The molecule has 2 unspecified atom stereocenters. The molecule has 5 rings (SSSR count). The molecule has 0 saturated carbocycles. The van der Waals surface area contributed by atoms with Gasteiger partial charge in [-0.25, -0.2) is 9.18 Å². The summed E-state index contributed by atoms with van der Waals surface area (Å²) in [6.45, 7) is 4.46. The number of piperazine rings is 1. The van der Waals surface area contributed by atoms with Crippen LogP contribution in [0.5, 0.6) is 0 Å². The standard InChI is InChI=1S/C30H37FN6O5/c31-25-18-23(24-7-9-28(38)33-29(24)39)6-8-27(25)36-16-14-35(15-17-36)19-26(22-10-12-37(34-41)13-11-22)32-30(40)42-20-21-4-2-1-3-5-21/h1-6,8,18,22,24,26H,7,9-17,19-20H2,(H,32,40)(H,33,38,39). The van der Waals surface area contributed by atoms with Crippen LogP contribution in [0, 0.1) is 16.6 Å². The van der Waals surface area contributed by atoms with Crippen molar-refractivity contribution in [2.75, 3.05) is 50.7 Å². The van der Waals surface area contributed by atoms with Gasteiger partial charge >= 0.3 is 6.09 Å². The number of halogens is 1.